The first kappa shape index (κ1) is 28.8. The van der Waals surface area contributed by atoms with Crippen molar-refractivity contribution in [1.29, 1.82) is 0 Å². The Hall–Kier alpha value is -0.200. The lowest BCUT2D eigenvalue weighted by Gasteiger charge is -2.51. The number of quaternary nitrogens is 2. The normalized spacial score (nSPS) is 17.2. The molecule has 176 valence electrons. The molecule has 0 rings (SSSR count). The summed E-state index contributed by atoms with van der Waals surface area (Å²) in [5, 5.41) is 21.8. The highest BCUT2D eigenvalue weighted by Gasteiger charge is 2.47. The lowest BCUT2D eigenvalue weighted by atomic mass is 10.1. The van der Waals surface area contributed by atoms with Crippen molar-refractivity contribution in [2.45, 2.75) is 119 Å². The number of hydrogen-bond donors (Lipinski definition) is 2. The average Bonchev–Trinajstić information content (AvgIpc) is 2.62. The van der Waals surface area contributed by atoms with Gasteiger partial charge in [-0.3, -0.25) is 13.7 Å². The first-order chi connectivity index (χ1) is 13.7. The molecule has 0 fully saturated rings. The van der Waals surface area contributed by atoms with Crippen LogP contribution >= 0.6 is 0 Å². The van der Waals surface area contributed by atoms with Crippen LogP contribution in [-0.2, 0) is 4.74 Å². The molecule has 5 nitrogen and oxygen atoms in total. The fourth-order valence-corrected chi connectivity index (χ4v) is 5.65. The molecule has 0 aliphatic carbocycles. The van der Waals surface area contributed by atoms with E-state index in [0.29, 0.717) is 0 Å². The Morgan fingerprint density at radius 2 is 0.724 bits per heavy atom. The fraction of sp³-hybridized carbons (Fsp3) is 1.00. The molecule has 0 bridgehead atoms. The van der Waals surface area contributed by atoms with Crippen molar-refractivity contribution in [2.75, 3.05) is 39.3 Å². The molecule has 0 saturated heterocycles. The van der Waals surface area contributed by atoms with Crippen molar-refractivity contribution < 1.29 is 23.9 Å². The minimum Gasteiger partial charge on any atom is -0.384 e. The van der Waals surface area contributed by atoms with Crippen LogP contribution in [-0.4, -0.2) is 83.1 Å². The quantitative estimate of drug-likeness (QED) is 0.254. The first-order valence-corrected chi connectivity index (χ1v) is 12.5. The lowest BCUT2D eigenvalue weighted by Crippen LogP contribution is -2.68. The molecule has 0 aromatic carbocycles. The van der Waals surface area contributed by atoms with Crippen LogP contribution in [0.25, 0.3) is 0 Å². The first-order valence-electron chi connectivity index (χ1n) is 12.5. The van der Waals surface area contributed by atoms with Crippen LogP contribution in [0.5, 0.6) is 0 Å². The summed E-state index contributed by atoms with van der Waals surface area (Å²) >= 11 is 0. The minimum atomic E-state index is -0.576. The van der Waals surface area contributed by atoms with Gasteiger partial charge in [-0.2, -0.15) is 0 Å². The van der Waals surface area contributed by atoms with Gasteiger partial charge in [0.25, 0.3) is 0 Å². The van der Waals surface area contributed by atoms with Crippen LogP contribution in [0.4, 0.5) is 0 Å². The molecule has 0 radical (unpaired) electrons. The van der Waals surface area contributed by atoms with Gasteiger partial charge in [0.1, 0.15) is 12.2 Å². The second-order valence-electron chi connectivity index (χ2n) is 9.18. The van der Waals surface area contributed by atoms with Gasteiger partial charge in [-0.15, -0.1) is 0 Å². The standard InChI is InChI=1S/C24H54N2O3/c1-9-15-25(16-10-2,17-11-3)23(21(7)27)29-24(22(8)28)26(18-12-4,19-13-5)20-14-6/h21-24,27-28H,9-20H2,1-8H3/q+2. The van der Waals surface area contributed by atoms with E-state index in [2.05, 4.69) is 41.5 Å². The predicted molar refractivity (Wildman–Crippen MR) is 123 cm³/mol. The summed E-state index contributed by atoms with van der Waals surface area (Å²) in [7, 11) is 0. The van der Waals surface area contributed by atoms with E-state index < -0.39 is 12.2 Å². The molecule has 0 aliphatic heterocycles. The maximum Gasteiger partial charge on any atom is 0.225 e. The highest BCUT2D eigenvalue weighted by Crippen LogP contribution is 2.29. The molecule has 4 atom stereocenters. The minimum absolute atomic E-state index is 0.308. The van der Waals surface area contributed by atoms with Crippen LogP contribution in [0.15, 0.2) is 0 Å². The van der Waals surface area contributed by atoms with Gasteiger partial charge in [-0.25, -0.2) is 0 Å². The molecule has 29 heavy (non-hydrogen) atoms. The Kier molecular flexibility index (Phi) is 14.6. The zero-order valence-electron chi connectivity index (χ0n) is 21.0. The Bertz CT molecular complexity index is 332. The van der Waals surface area contributed by atoms with E-state index in [9.17, 15) is 10.2 Å². The van der Waals surface area contributed by atoms with E-state index in [1.165, 1.54) is 0 Å². The van der Waals surface area contributed by atoms with Crippen LogP contribution in [0.3, 0.4) is 0 Å². The number of ether oxygens (including phenoxy) is 1. The molecule has 0 saturated carbocycles. The van der Waals surface area contributed by atoms with E-state index >= 15 is 0 Å². The Morgan fingerprint density at radius 1 is 0.517 bits per heavy atom. The Morgan fingerprint density at radius 3 is 0.862 bits per heavy atom. The van der Waals surface area contributed by atoms with Crippen LogP contribution in [0, 0.1) is 0 Å². The highest BCUT2D eigenvalue weighted by molar-refractivity contribution is 4.65. The number of aliphatic hydroxyl groups excluding tert-OH is 2. The van der Waals surface area contributed by atoms with E-state index in [4.69, 9.17) is 4.74 Å². The highest BCUT2D eigenvalue weighted by atomic mass is 16.6. The van der Waals surface area contributed by atoms with Crippen molar-refractivity contribution in [3.63, 3.8) is 0 Å². The van der Waals surface area contributed by atoms with Gasteiger partial charge in [0.2, 0.25) is 12.5 Å². The maximum absolute atomic E-state index is 10.9. The smallest absolute Gasteiger partial charge is 0.225 e. The summed E-state index contributed by atoms with van der Waals surface area (Å²) in [6, 6.07) is 0. The van der Waals surface area contributed by atoms with Crippen LogP contribution in [0.2, 0.25) is 0 Å². The summed E-state index contributed by atoms with van der Waals surface area (Å²) in [6.45, 7) is 23.0. The van der Waals surface area contributed by atoms with Crippen LogP contribution < -0.4 is 0 Å². The number of nitrogens with zero attached hydrogens (tertiary/aromatic N) is 2. The molecule has 0 amide bonds. The Balaban J connectivity index is 6.23. The predicted octanol–water partition coefficient (Wildman–Crippen LogP) is 4.51. The molecule has 0 aromatic rings. The van der Waals surface area contributed by atoms with Gasteiger partial charge in [-0.1, -0.05) is 41.5 Å². The summed E-state index contributed by atoms with van der Waals surface area (Å²) < 4.78 is 8.44. The van der Waals surface area contributed by atoms with Gasteiger partial charge in [0.05, 0.1) is 39.3 Å². The molecule has 5 heteroatoms. The third-order valence-corrected chi connectivity index (χ3v) is 6.20. The fourth-order valence-electron chi connectivity index (χ4n) is 5.65. The van der Waals surface area contributed by atoms with E-state index in [-0.39, 0.29) is 12.5 Å². The van der Waals surface area contributed by atoms with Gasteiger partial charge in [0.15, 0.2) is 0 Å². The third kappa shape index (κ3) is 8.10. The summed E-state index contributed by atoms with van der Waals surface area (Å²) in [5.41, 5.74) is 0. The van der Waals surface area contributed by atoms with Crippen molar-refractivity contribution in [2.24, 2.45) is 0 Å². The van der Waals surface area contributed by atoms with Crippen molar-refractivity contribution in [3.05, 3.63) is 0 Å². The zero-order valence-corrected chi connectivity index (χ0v) is 21.0. The molecular weight excluding hydrogens is 364 g/mol. The molecule has 0 aromatic heterocycles. The molecule has 0 spiro atoms. The monoisotopic (exact) mass is 418 g/mol. The molecule has 2 N–H and O–H groups in total. The second-order valence-corrected chi connectivity index (χ2v) is 9.18. The van der Waals surface area contributed by atoms with Gasteiger partial charge < -0.3 is 10.2 Å². The Labute approximate surface area is 182 Å². The zero-order chi connectivity index (χ0) is 22.5. The molecular formula is C24H54N2O3+2. The lowest BCUT2D eigenvalue weighted by molar-refractivity contribution is -1.01. The van der Waals surface area contributed by atoms with Crippen molar-refractivity contribution >= 4 is 0 Å². The van der Waals surface area contributed by atoms with Gasteiger partial charge >= 0.3 is 0 Å². The topological polar surface area (TPSA) is 49.7 Å². The average molecular weight is 419 g/mol. The number of aliphatic hydroxyl groups is 2. The van der Waals surface area contributed by atoms with E-state index in [1.54, 1.807) is 0 Å². The second kappa shape index (κ2) is 14.7. The summed E-state index contributed by atoms with van der Waals surface area (Å²) in [4.78, 5) is 0. The van der Waals surface area contributed by atoms with Gasteiger partial charge in [-0.05, 0) is 52.4 Å². The summed E-state index contributed by atoms with van der Waals surface area (Å²) in [6.07, 6.45) is 4.59. The number of rotatable bonds is 18. The SMILES string of the molecule is CCC[N+](CCC)(CCC)C(OC(C(C)O)[N+](CCC)(CCC)CCC)C(C)O. The van der Waals surface area contributed by atoms with Crippen LogP contribution in [0.1, 0.15) is 93.9 Å². The maximum atomic E-state index is 10.9. The molecule has 4 unspecified atom stereocenters. The largest absolute Gasteiger partial charge is 0.384 e. The molecule has 0 aliphatic rings. The van der Waals surface area contributed by atoms with Gasteiger partial charge in [0, 0.05) is 0 Å². The summed E-state index contributed by atoms with van der Waals surface area (Å²) in [5.74, 6) is 0. The number of hydrogen-bond acceptors (Lipinski definition) is 3. The van der Waals surface area contributed by atoms with Crippen molar-refractivity contribution in [3.8, 4) is 0 Å². The van der Waals surface area contributed by atoms with E-state index in [0.717, 1.165) is 86.8 Å². The van der Waals surface area contributed by atoms with E-state index in [1.807, 2.05) is 13.8 Å². The molecule has 0 heterocycles. The third-order valence-electron chi connectivity index (χ3n) is 6.20. The van der Waals surface area contributed by atoms with Crippen molar-refractivity contribution in [1.82, 2.24) is 0 Å².